The second-order valence-corrected chi connectivity index (χ2v) is 10.00. The fourth-order valence-corrected chi connectivity index (χ4v) is 4.61. The van der Waals surface area contributed by atoms with E-state index in [9.17, 15) is 18.5 Å². The lowest BCUT2D eigenvalue weighted by Gasteiger charge is -2.14. The number of hydrogen-bond acceptors (Lipinski definition) is 8. The summed E-state index contributed by atoms with van der Waals surface area (Å²) in [4.78, 5) is 12.6. The largest absolute Gasteiger partial charge is 0.492 e. The molecule has 0 saturated carbocycles. The predicted octanol–water partition coefficient (Wildman–Crippen LogP) is 3.29. The number of sulfone groups is 1. The zero-order valence-electron chi connectivity index (χ0n) is 17.9. The Balaban J connectivity index is 1.93. The highest BCUT2D eigenvalue weighted by Gasteiger charge is 2.19. The van der Waals surface area contributed by atoms with E-state index in [-0.39, 0.29) is 15.0 Å². The highest BCUT2D eigenvalue weighted by molar-refractivity contribution is 7.92. The van der Waals surface area contributed by atoms with Crippen molar-refractivity contribution < 1.29 is 17.9 Å². The standard InChI is InChI=1S/C21H21N5O4S2/c1-5-30-18-9-7-6-8-17(18)26-13(2)10-15(14(26)3)11-16(12-22)19(27)23-20-24-25-21(31-20)32(4,28)29/h6-11H,5H2,1-4H3,(H,23,24,27)/b16-11-. The molecule has 0 aliphatic carbocycles. The van der Waals surface area contributed by atoms with Gasteiger partial charge in [0.05, 0.1) is 12.3 Å². The van der Waals surface area contributed by atoms with Crippen LogP contribution in [0.2, 0.25) is 0 Å². The van der Waals surface area contributed by atoms with E-state index in [1.165, 1.54) is 6.08 Å². The molecule has 9 nitrogen and oxygen atoms in total. The molecule has 1 N–H and O–H groups in total. The van der Waals surface area contributed by atoms with E-state index in [4.69, 9.17) is 4.74 Å². The molecule has 1 aromatic carbocycles. The smallest absolute Gasteiger partial charge is 0.268 e. The van der Waals surface area contributed by atoms with E-state index < -0.39 is 15.7 Å². The number of carbonyl (C=O) groups is 1. The molecule has 0 bridgehead atoms. The van der Waals surface area contributed by atoms with Crippen LogP contribution in [-0.4, -0.2) is 42.0 Å². The first kappa shape index (κ1) is 23.2. The van der Waals surface area contributed by atoms with Crippen LogP contribution < -0.4 is 10.1 Å². The van der Waals surface area contributed by atoms with Crippen LogP contribution in [-0.2, 0) is 14.6 Å². The van der Waals surface area contributed by atoms with Crippen molar-refractivity contribution in [1.29, 1.82) is 5.26 Å². The fourth-order valence-electron chi connectivity index (χ4n) is 3.10. The zero-order valence-corrected chi connectivity index (χ0v) is 19.5. The van der Waals surface area contributed by atoms with E-state index in [1.54, 1.807) is 0 Å². The predicted molar refractivity (Wildman–Crippen MR) is 122 cm³/mol. The first-order valence-electron chi connectivity index (χ1n) is 9.53. The van der Waals surface area contributed by atoms with Crippen LogP contribution in [0.4, 0.5) is 5.13 Å². The number of rotatable bonds is 7. The summed E-state index contributed by atoms with van der Waals surface area (Å²) in [5.74, 6) is 0.0201. The second-order valence-electron chi connectivity index (χ2n) is 6.83. The van der Waals surface area contributed by atoms with Crippen molar-refractivity contribution in [1.82, 2.24) is 14.8 Å². The molecular formula is C21H21N5O4S2. The maximum atomic E-state index is 12.6. The second kappa shape index (κ2) is 9.33. The van der Waals surface area contributed by atoms with Gasteiger partial charge in [0.1, 0.15) is 17.4 Å². The van der Waals surface area contributed by atoms with Crippen LogP contribution in [0.5, 0.6) is 5.75 Å². The molecule has 2 heterocycles. The van der Waals surface area contributed by atoms with Crippen molar-refractivity contribution in [2.75, 3.05) is 18.2 Å². The van der Waals surface area contributed by atoms with Gasteiger partial charge >= 0.3 is 0 Å². The number of amides is 1. The molecule has 0 atom stereocenters. The van der Waals surface area contributed by atoms with Gasteiger partial charge in [-0.15, -0.1) is 10.2 Å². The molecule has 0 aliphatic rings. The summed E-state index contributed by atoms with van der Waals surface area (Å²) >= 11 is 0.719. The summed E-state index contributed by atoms with van der Waals surface area (Å²) < 4.78 is 30.6. The Morgan fingerprint density at radius 2 is 2.03 bits per heavy atom. The number of benzene rings is 1. The maximum Gasteiger partial charge on any atom is 0.268 e. The van der Waals surface area contributed by atoms with E-state index in [0.717, 1.165) is 40.4 Å². The summed E-state index contributed by atoms with van der Waals surface area (Å²) in [6, 6.07) is 11.4. The number of para-hydroxylation sites is 2. The highest BCUT2D eigenvalue weighted by atomic mass is 32.2. The first-order chi connectivity index (χ1) is 15.2. The lowest BCUT2D eigenvalue weighted by Crippen LogP contribution is -2.13. The van der Waals surface area contributed by atoms with Gasteiger partial charge in [-0.2, -0.15) is 5.26 Å². The zero-order chi connectivity index (χ0) is 23.5. The number of anilines is 1. The minimum absolute atomic E-state index is 0.00677. The minimum atomic E-state index is -3.53. The van der Waals surface area contributed by atoms with Gasteiger partial charge in [0.15, 0.2) is 0 Å². The Kier molecular flexibility index (Phi) is 6.76. The van der Waals surface area contributed by atoms with Gasteiger partial charge in [-0.1, -0.05) is 23.5 Å². The lowest BCUT2D eigenvalue weighted by molar-refractivity contribution is -0.112. The van der Waals surface area contributed by atoms with Gasteiger partial charge in [-0.05, 0) is 50.6 Å². The van der Waals surface area contributed by atoms with Crippen molar-refractivity contribution in [2.24, 2.45) is 0 Å². The Hall–Kier alpha value is -3.49. The van der Waals surface area contributed by atoms with Gasteiger partial charge in [0, 0.05) is 17.6 Å². The van der Waals surface area contributed by atoms with E-state index in [1.807, 2.05) is 61.7 Å². The molecular weight excluding hydrogens is 450 g/mol. The van der Waals surface area contributed by atoms with Gasteiger partial charge < -0.3 is 9.30 Å². The molecule has 3 aromatic rings. The van der Waals surface area contributed by atoms with Crippen molar-refractivity contribution in [3.8, 4) is 17.5 Å². The average Bonchev–Trinajstić information content (AvgIpc) is 3.31. The van der Waals surface area contributed by atoms with Crippen LogP contribution in [0, 0.1) is 25.2 Å². The summed E-state index contributed by atoms with van der Waals surface area (Å²) in [5.41, 5.74) is 3.12. The maximum absolute atomic E-state index is 12.6. The molecule has 166 valence electrons. The van der Waals surface area contributed by atoms with Crippen molar-refractivity contribution in [2.45, 2.75) is 25.1 Å². The van der Waals surface area contributed by atoms with E-state index in [0.29, 0.717) is 12.2 Å². The van der Waals surface area contributed by atoms with Gasteiger partial charge in [0.2, 0.25) is 19.3 Å². The third-order valence-electron chi connectivity index (χ3n) is 4.49. The molecule has 11 heteroatoms. The van der Waals surface area contributed by atoms with Gasteiger partial charge in [-0.3, -0.25) is 10.1 Å². The number of ether oxygens (including phenoxy) is 1. The normalized spacial score (nSPS) is 11.8. The van der Waals surface area contributed by atoms with Gasteiger partial charge in [0.25, 0.3) is 5.91 Å². The van der Waals surface area contributed by atoms with Crippen LogP contribution in [0.15, 0.2) is 40.2 Å². The summed E-state index contributed by atoms with van der Waals surface area (Å²) in [5, 5.41) is 19.2. The van der Waals surface area contributed by atoms with E-state index >= 15 is 0 Å². The summed E-state index contributed by atoms with van der Waals surface area (Å²) in [7, 11) is -3.53. The SMILES string of the molecule is CCOc1ccccc1-n1c(C)cc(/C=C(/C#N)C(=O)Nc2nnc(S(C)(=O)=O)s2)c1C. The third kappa shape index (κ3) is 4.87. The van der Waals surface area contributed by atoms with Crippen LogP contribution in [0.1, 0.15) is 23.9 Å². The summed E-state index contributed by atoms with van der Waals surface area (Å²) in [6.07, 6.45) is 2.48. The van der Waals surface area contributed by atoms with E-state index in [2.05, 4.69) is 15.5 Å². The van der Waals surface area contributed by atoms with Crippen molar-refractivity contribution in [3.63, 3.8) is 0 Å². The van der Waals surface area contributed by atoms with Crippen molar-refractivity contribution >= 4 is 38.3 Å². The summed E-state index contributed by atoms with van der Waals surface area (Å²) in [6.45, 7) is 6.24. The third-order valence-corrected chi connectivity index (χ3v) is 6.99. The lowest BCUT2D eigenvalue weighted by atomic mass is 10.1. The Bertz CT molecular complexity index is 1350. The molecule has 0 spiro atoms. The number of hydrogen-bond donors (Lipinski definition) is 1. The molecule has 0 radical (unpaired) electrons. The number of aromatic nitrogens is 3. The quantitative estimate of drug-likeness (QED) is 0.318. The Morgan fingerprint density at radius 1 is 1.31 bits per heavy atom. The Morgan fingerprint density at radius 3 is 2.66 bits per heavy atom. The number of aryl methyl sites for hydroxylation is 1. The average molecular weight is 472 g/mol. The monoisotopic (exact) mass is 471 g/mol. The first-order valence-corrected chi connectivity index (χ1v) is 12.2. The van der Waals surface area contributed by atoms with Crippen LogP contribution in [0.25, 0.3) is 11.8 Å². The number of nitriles is 1. The molecule has 0 saturated heterocycles. The molecule has 1 amide bonds. The Labute approximate surface area is 189 Å². The van der Waals surface area contributed by atoms with Crippen LogP contribution in [0.3, 0.4) is 0 Å². The molecule has 0 fully saturated rings. The molecule has 0 unspecified atom stereocenters. The highest BCUT2D eigenvalue weighted by Crippen LogP contribution is 2.29. The number of carbonyl (C=O) groups excluding carboxylic acids is 1. The molecule has 32 heavy (non-hydrogen) atoms. The fraction of sp³-hybridized carbons (Fsp3) is 0.238. The minimum Gasteiger partial charge on any atom is -0.492 e. The van der Waals surface area contributed by atoms with Gasteiger partial charge in [-0.25, -0.2) is 8.42 Å². The topological polar surface area (TPSA) is 127 Å². The number of nitrogens with one attached hydrogen (secondary N) is 1. The van der Waals surface area contributed by atoms with Crippen LogP contribution >= 0.6 is 11.3 Å². The molecule has 2 aromatic heterocycles. The molecule has 0 aliphatic heterocycles. The number of nitrogens with zero attached hydrogens (tertiary/aromatic N) is 4. The molecule has 3 rings (SSSR count). The van der Waals surface area contributed by atoms with Crippen molar-refractivity contribution in [3.05, 3.63) is 52.9 Å².